The Morgan fingerprint density at radius 1 is 1.04 bits per heavy atom. The molecule has 1 aliphatic carbocycles. The van der Waals surface area contributed by atoms with Gasteiger partial charge in [-0.25, -0.2) is 0 Å². The number of halogens is 1. The van der Waals surface area contributed by atoms with Crippen molar-refractivity contribution in [1.29, 1.82) is 0 Å². The number of nitrogens with zero attached hydrogens (tertiary/aromatic N) is 1. The maximum absolute atomic E-state index is 14.0. The summed E-state index contributed by atoms with van der Waals surface area (Å²) in [5.41, 5.74) is 4.03. The Balaban J connectivity index is 1.41. The summed E-state index contributed by atoms with van der Waals surface area (Å²) < 4.78 is 19.9. The molecule has 3 aliphatic rings. The van der Waals surface area contributed by atoms with Crippen LogP contribution in [-0.4, -0.2) is 68.6 Å². The SMILES string of the molecule is CCCN1C(=O)[C@@H]2[C@@H](CC(CO[Si](c3ccccc3)(c3ccccc3)C(C)(C)C)=C3[C@@H](CC/C(C)=C/c4cc(I)c(O)c(OC)c4)OB(O)C[C@@H]32)C1=O. The van der Waals surface area contributed by atoms with Crippen molar-refractivity contribution in [3.63, 3.8) is 0 Å². The first-order valence-corrected chi connectivity index (χ1v) is 21.7. The van der Waals surface area contributed by atoms with Crippen molar-refractivity contribution >= 4 is 66.3 Å². The molecule has 4 atom stereocenters. The van der Waals surface area contributed by atoms with Crippen molar-refractivity contribution in [3.8, 4) is 11.5 Å². The van der Waals surface area contributed by atoms with Gasteiger partial charge in [-0.2, -0.15) is 0 Å². The zero-order valence-corrected chi connectivity index (χ0v) is 34.8. The van der Waals surface area contributed by atoms with Crippen LogP contribution in [0.4, 0.5) is 0 Å². The summed E-state index contributed by atoms with van der Waals surface area (Å²) in [5, 5.41) is 23.6. The smallest absolute Gasteiger partial charge is 0.455 e. The molecule has 0 bridgehead atoms. The number of hydrogen-bond donors (Lipinski definition) is 2. The number of allylic oxidation sites excluding steroid dienone is 1. The van der Waals surface area contributed by atoms with Gasteiger partial charge in [0, 0.05) is 6.54 Å². The molecule has 53 heavy (non-hydrogen) atoms. The second-order valence-corrected chi connectivity index (χ2v) is 21.1. The van der Waals surface area contributed by atoms with E-state index in [4.69, 9.17) is 13.8 Å². The summed E-state index contributed by atoms with van der Waals surface area (Å²) in [6.45, 7) is 11.5. The number of imide groups is 1. The fourth-order valence-electron chi connectivity index (χ4n) is 8.91. The van der Waals surface area contributed by atoms with Gasteiger partial charge in [-0.1, -0.05) is 100 Å². The third kappa shape index (κ3) is 7.69. The van der Waals surface area contributed by atoms with Crippen LogP contribution in [0.3, 0.4) is 0 Å². The molecule has 0 radical (unpaired) electrons. The molecule has 0 unspecified atom stereocenters. The van der Waals surface area contributed by atoms with Crippen LogP contribution in [-0.2, 0) is 18.7 Å². The molecular weight excluding hydrogens is 796 g/mol. The molecule has 2 heterocycles. The zero-order valence-electron chi connectivity index (χ0n) is 31.6. The lowest BCUT2D eigenvalue weighted by molar-refractivity contribution is -0.140. The van der Waals surface area contributed by atoms with Crippen molar-refractivity contribution in [1.82, 2.24) is 4.90 Å². The Morgan fingerprint density at radius 2 is 1.68 bits per heavy atom. The second-order valence-electron chi connectivity index (χ2n) is 15.7. The van der Waals surface area contributed by atoms with Crippen LogP contribution in [0, 0.1) is 21.3 Å². The van der Waals surface area contributed by atoms with E-state index in [-0.39, 0.29) is 34.8 Å². The van der Waals surface area contributed by atoms with Crippen molar-refractivity contribution in [2.24, 2.45) is 17.8 Å². The Hall–Kier alpha value is -3.23. The van der Waals surface area contributed by atoms with Crippen LogP contribution >= 0.6 is 22.6 Å². The maximum Gasteiger partial charge on any atom is 0.455 e. The second kappa shape index (κ2) is 16.2. The normalized spacial score (nSPS) is 22.3. The van der Waals surface area contributed by atoms with Gasteiger partial charge < -0.3 is 23.9 Å². The third-order valence-corrected chi connectivity index (χ3v) is 17.0. The van der Waals surface area contributed by atoms with Crippen LogP contribution in [0.1, 0.15) is 65.9 Å². The Kier molecular flexibility index (Phi) is 12.1. The van der Waals surface area contributed by atoms with Crippen LogP contribution < -0.4 is 15.1 Å². The third-order valence-electron chi connectivity index (χ3n) is 11.2. The number of phenolic OH excluding ortho intramolecular Hbond substituents is 1. The fraction of sp³-hybridized carbons (Fsp3) is 0.429. The van der Waals surface area contributed by atoms with Gasteiger partial charge in [0.1, 0.15) is 0 Å². The number of carbonyl (C=O) groups is 2. The van der Waals surface area contributed by atoms with Crippen LogP contribution in [0.15, 0.2) is 89.5 Å². The van der Waals surface area contributed by atoms with Gasteiger partial charge in [-0.15, -0.1) is 0 Å². The molecule has 3 aromatic carbocycles. The molecule has 3 aromatic rings. The van der Waals surface area contributed by atoms with Crippen molar-refractivity contribution in [2.75, 3.05) is 20.3 Å². The van der Waals surface area contributed by atoms with E-state index in [1.54, 1.807) is 0 Å². The summed E-state index contributed by atoms with van der Waals surface area (Å²) >= 11 is 2.10. The van der Waals surface area contributed by atoms with Gasteiger partial charge in [0.15, 0.2) is 11.5 Å². The van der Waals surface area contributed by atoms with Gasteiger partial charge in [0.05, 0.1) is 35.2 Å². The van der Waals surface area contributed by atoms with Gasteiger partial charge in [0.2, 0.25) is 11.8 Å². The molecule has 280 valence electrons. The van der Waals surface area contributed by atoms with Crippen LogP contribution in [0.25, 0.3) is 6.08 Å². The number of hydrogen-bond acceptors (Lipinski definition) is 7. The highest BCUT2D eigenvalue weighted by Crippen LogP contribution is 2.51. The zero-order chi connectivity index (χ0) is 38.1. The number of carbonyl (C=O) groups excluding carboxylic acids is 2. The molecule has 6 rings (SSSR count). The average Bonchev–Trinajstić information content (AvgIpc) is 3.37. The standard InChI is InChI=1S/C42H51BINO7Si/c1-7-20-45-40(47)32-24-29(26-51-53(42(3,4)5,30-14-10-8-11-15-30)31-16-12-9-13-17-31)37-33(38(32)41(45)48)25-43(49)52-35(37)19-18-27(2)21-28-22-34(44)39(46)36(23-28)50-6/h8-17,21-23,32-33,35,38,46,49H,7,18-20,24-26H2,1-6H3/b27-21+/t32-,33+,35-,38-/m1/s1. The highest BCUT2D eigenvalue weighted by atomic mass is 127. The molecule has 2 saturated heterocycles. The van der Waals surface area contributed by atoms with Gasteiger partial charge >= 0.3 is 7.12 Å². The number of fused-ring (bicyclic) bond motifs is 3. The van der Waals surface area contributed by atoms with Crippen LogP contribution in [0.2, 0.25) is 11.4 Å². The minimum atomic E-state index is -2.94. The molecule has 2 amide bonds. The lowest BCUT2D eigenvalue weighted by Gasteiger charge is -2.46. The topological polar surface area (TPSA) is 106 Å². The summed E-state index contributed by atoms with van der Waals surface area (Å²) in [6.07, 6.45) is 4.24. The lowest BCUT2D eigenvalue weighted by Crippen LogP contribution is -2.66. The number of phenols is 1. The van der Waals surface area contributed by atoms with Gasteiger partial charge in [-0.3, -0.25) is 14.5 Å². The molecule has 2 N–H and O–H groups in total. The maximum atomic E-state index is 14.0. The van der Waals surface area contributed by atoms with E-state index in [0.717, 1.165) is 22.3 Å². The number of aromatic hydroxyl groups is 1. The molecular formula is C42H51BINO7Si. The summed E-state index contributed by atoms with van der Waals surface area (Å²) in [4.78, 5) is 29.4. The van der Waals surface area contributed by atoms with Crippen LogP contribution in [0.5, 0.6) is 11.5 Å². The molecule has 0 aromatic heterocycles. The highest BCUT2D eigenvalue weighted by Gasteiger charge is 2.58. The first-order chi connectivity index (χ1) is 25.3. The summed E-state index contributed by atoms with van der Waals surface area (Å²) in [5.74, 6) is -1.05. The largest absolute Gasteiger partial charge is 0.504 e. The molecule has 0 spiro atoms. The first-order valence-electron chi connectivity index (χ1n) is 18.7. The van der Waals surface area contributed by atoms with E-state index in [1.165, 1.54) is 22.4 Å². The van der Waals surface area contributed by atoms with E-state index >= 15 is 0 Å². The highest BCUT2D eigenvalue weighted by molar-refractivity contribution is 14.1. The van der Waals surface area contributed by atoms with E-state index in [1.807, 2.05) is 31.2 Å². The molecule has 11 heteroatoms. The number of rotatable bonds is 12. The number of likely N-dealkylation sites (tertiary alicyclic amines) is 1. The minimum Gasteiger partial charge on any atom is -0.504 e. The molecule has 2 fully saturated rings. The fourth-order valence-corrected chi connectivity index (χ4v) is 14.1. The van der Waals surface area contributed by atoms with Crippen molar-refractivity contribution < 1.29 is 33.5 Å². The minimum absolute atomic E-state index is 0.112. The molecule has 0 saturated carbocycles. The van der Waals surface area contributed by atoms with Crippen molar-refractivity contribution in [3.05, 3.63) is 98.6 Å². The molecule has 2 aliphatic heterocycles. The van der Waals surface area contributed by atoms with Crippen molar-refractivity contribution in [2.45, 2.75) is 77.8 Å². The van der Waals surface area contributed by atoms with Gasteiger partial charge in [0.25, 0.3) is 8.32 Å². The number of methoxy groups -OCH3 is 1. The molecule has 8 nitrogen and oxygen atoms in total. The Labute approximate surface area is 329 Å². The Morgan fingerprint density at radius 3 is 2.26 bits per heavy atom. The van der Waals surface area contributed by atoms with E-state index in [0.29, 0.717) is 48.2 Å². The first kappa shape index (κ1) is 39.5. The summed E-state index contributed by atoms with van der Waals surface area (Å²) in [6, 6.07) is 24.8. The van der Waals surface area contributed by atoms with E-state index in [2.05, 4.69) is 105 Å². The average molecular weight is 848 g/mol. The predicted molar refractivity (Wildman–Crippen MR) is 221 cm³/mol. The van der Waals surface area contributed by atoms with Gasteiger partial charge in [-0.05, 0) is 112 Å². The number of amides is 2. The summed E-state index contributed by atoms with van der Waals surface area (Å²) in [7, 11) is -2.45. The lowest BCUT2D eigenvalue weighted by atomic mass is 9.58. The monoisotopic (exact) mass is 847 g/mol. The predicted octanol–water partition coefficient (Wildman–Crippen LogP) is 6.97. The van der Waals surface area contributed by atoms with E-state index < -0.39 is 33.4 Å². The number of benzene rings is 3. The quantitative estimate of drug-likeness (QED) is 0.0879. The van der Waals surface area contributed by atoms with E-state index in [9.17, 15) is 19.7 Å². The number of ether oxygens (including phenoxy) is 1. The Bertz CT molecular complexity index is 1840.